The molecule has 1 aromatic carbocycles. The number of benzene rings is 1. The fourth-order valence-electron chi connectivity index (χ4n) is 3.88. The van der Waals surface area contributed by atoms with Crippen LogP contribution < -0.4 is 0 Å². The van der Waals surface area contributed by atoms with Crippen LogP contribution in [0.3, 0.4) is 0 Å². The zero-order chi connectivity index (χ0) is 15.1. The summed E-state index contributed by atoms with van der Waals surface area (Å²) in [6.45, 7) is 8.92. The highest BCUT2D eigenvalue weighted by Gasteiger charge is 2.30. The summed E-state index contributed by atoms with van der Waals surface area (Å²) in [5, 5.41) is -0.0516. The maximum Gasteiger partial charge on any atom is 0.127 e. The average molecular weight is 305 g/mol. The number of alkyl halides is 1. The van der Waals surface area contributed by atoms with Crippen molar-refractivity contribution in [2.24, 2.45) is 11.8 Å². The molecule has 0 bridgehead atoms. The third kappa shape index (κ3) is 2.70. The van der Waals surface area contributed by atoms with Gasteiger partial charge in [-0.2, -0.15) is 0 Å². The van der Waals surface area contributed by atoms with Gasteiger partial charge in [-0.3, -0.25) is 0 Å². The normalized spacial score (nSPS) is 28.0. The van der Waals surface area contributed by atoms with Crippen LogP contribution in [0.5, 0.6) is 0 Å². The highest BCUT2D eigenvalue weighted by molar-refractivity contribution is 6.20. The number of imidazole rings is 1. The number of hydrogen-bond acceptors (Lipinski definition) is 1. The van der Waals surface area contributed by atoms with Crippen molar-refractivity contribution in [1.29, 1.82) is 0 Å². The van der Waals surface area contributed by atoms with Crippen molar-refractivity contribution in [1.82, 2.24) is 9.55 Å². The van der Waals surface area contributed by atoms with Gasteiger partial charge in [0.05, 0.1) is 16.4 Å². The molecule has 4 atom stereocenters. The molecule has 1 aromatic heterocycles. The molecule has 2 aromatic rings. The van der Waals surface area contributed by atoms with Crippen molar-refractivity contribution in [3.05, 3.63) is 29.6 Å². The predicted octanol–water partition coefficient (Wildman–Crippen LogP) is 5.64. The number of hydrogen-bond donors (Lipinski definition) is 0. The van der Waals surface area contributed by atoms with Gasteiger partial charge in [0.15, 0.2) is 0 Å². The Morgan fingerprint density at radius 1 is 1.29 bits per heavy atom. The first-order valence-electron chi connectivity index (χ1n) is 8.10. The first-order valence-corrected chi connectivity index (χ1v) is 8.53. The minimum absolute atomic E-state index is 0.0516. The second-order valence-electron chi connectivity index (χ2n) is 6.91. The Balaban J connectivity index is 2.14. The quantitative estimate of drug-likeness (QED) is 0.656. The molecule has 1 saturated carbocycles. The zero-order valence-electron chi connectivity index (χ0n) is 13.4. The van der Waals surface area contributed by atoms with Crippen molar-refractivity contribution in [2.45, 2.75) is 58.4 Å². The molecular formula is C18H25ClN2. The fourth-order valence-corrected chi connectivity index (χ4v) is 4.04. The van der Waals surface area contributed by atoms with Crippen molar-refractivity contribution >= 4 is 22.6 Å². The van der Waals surface area contributed by atoms with Gasteiger partial charge >= 0.3 is 0 Å². The maximum atomic E-state index is 6.43. The smallest absolute Gasteiger partial charge is 0.127 e. The summed E-state index contributed by atoms with van der Waals surface area (Å²) >= 11 is 6.43. The largest absolute Gasteiger partial charge is 0.323 e. The van der Waals surface area contributed by atoms with Crippen LogP contribution in [0, 0.1) is 18.8 Å². The van der Waals surface area contributed by atoms with Gasteiger partial charge in [-0.25, -0.2) is 4.98 Å². The molecule has 0 saturated heterocycles. The Bertz CT molecular complexity index is 644. The Morgan fingerprint density at radius 3 is 2.71 bits per heavy atom. The first-order chi connectivity index (χ1) is 9.97. The molecule has 0 spiro atoms. The lowest BCUT2D eigenvalue weighted by Gasteiger charge is -2.35. The predicted molar refractivity (Wildman–Crippen MR) is 90.0 cm³/mol. The zero-order valence-corrected chi connectivity index (χ0v) is 14.2. The van der Waals surface area contributed by atoms with Crippen LogP contribution in [0.25, 0.3) is 11.0 Å². The van der Waals surface area contributed by atoms with E-state index in [1.54, 1.807) is 0 Å². The van der Waals surface area contributed by atoms with Crippen molar-refractivity contribution in [3.63, 3.8) is 0 Å². The van der Waals surface area contributed by atoms with E-state index in [4.69, 9.17) is 16.6 Å². The molecule has 1 heterocycles. The van der Waals surface area contributed by atoms with Crippen LogP contribution in [0.15, 0.2) is 18.2 Å². The van der Waals surface area contributed by atoms with E-state index in [1.165, 1.54) is 30.3 Å². The lowest BCUT2D eigenvalue weighted by Crippen LogP contribution is -2.26. The molecule has 0 N–H and O–H groups in total. The molecule has 0 aliphatic heterocycles. The van der Waals surface area contributed by atoms with E-state index < -0.39 is 0 Å². The maximum absolute atomic E-state index is 6.43. The molecule has 4 unspecified atom stereocenters. The van der Waals surface area contributed by atoms with E-state index >= 15 is 0 Å². The molecule has 21 heavy (non-hydrogen) atoms. The Hall–Kier alpha value is -1.02. The number of halogens is 1. The van der Waals surface area contributed by atoms with Crippen LogP contribution in [-0.4, -0.2) is 9.55 Å². The molecule has 1 aliphatic carbocycles. The molecule has 0 amide bonds. The van der Waals surface area contributed by atoms with Gasteiger partial charge in [-0.1, -0.05) is 19.9 Å². The van der Waals surface area contributed by atoms with Gasteiger partial charge in [0.1, 0.15) is 5.82 Å². The van der Waals surface area contributed by atoms with Crippen LogP contribution >= 0.6 is 11.6 Å². The Kier molecular flexibility index (Phi) is 4.00. The van der Waals surface area contributed by atoms with Gasteiger partial charge in [-0.15, -0.1) is 11.6 Å². The molecule has 1 fully saturated rings. The summed E-state index contributed by atoms with van der Waals surface area (Å²) in [6.07, 6.45) is 3.83. The molecule has 3 rings (SSSR count). The lowest BCUT2D eigenvalue weighted by molar-refractivity contribution is 0.208. The van der Waals surface area contributed by atoms with Crippen LogP contribution in [0.4, 0.5) is 0 Å². The summed E-state index contributed by atoms with van der Waals surface area (Å²) in [4.78, 5) is 4.81. The number of aromatic nitrogens is 2. The van der Waals surface area contributed by atoms with E-state index in [2.05, 4.69) is 43.5 Å². The molecule has 0 radical (unpaired) electrons. The van der Waals surface area contributed by atoms with E-state index in [9.17, 15) is 0 Å². The van der Waals surface area contributed by atoms with E-state index in [-0.39, 0.29) is 5.38 Å². The van der Waals surface area contributed by atoms with E-state index in [0.29, 0.717) is 12.0 Å². The number of rotatable bonds is 2. The molecule has 114 valence electrons. The topological polar surface area (TPSA) is 17.8 Å². The van der Waals surface area contributed by atoms with Gasteiger partial charge in [0.2, 0.25) is 0 Å². The molecule has 1 aliphatic rings. The number of nitrogens with zero attached hydrogens (tertiary/aromatic N) is 2. The second kappa shape index (κ2) is 5.64. The number of fused-ring (bicyclic) bond motifs is 1. The van der Waals surface area contributed by atoms with Gasteiger partial charge < -0.3 is 4.57 Å². The van der Waals surface area contributed by atoms with Crippen LogP contribution in [0.1, 0.15) is 62.8 Å². The van der Waals surface area contributed by atoms with E-state index in [0.717, 1.165) is 17.3 Å². The molecule has 2 nitrogen and oxygen atoms in total. The fraction of sp³-hybridized carbons (Fsp3) is 0.611. The SMILES string of the molecule is Cc1ccc2nc(C(C)Cl)n(C3CCC(C)CC3C)c2c1. The second-order valence-corrected chi connectivity index (χ2v) is 7.57. The summed E-state index contributed by atoms with van der Waals surface area (Å²) in [5.41, 5.74) is 3.62. The minimum Gasteiger partial charge on any atom is -0.323 e. The summed E-state index contributed by atoms with van der Waals surface area (Å²) in [7, 11) is 0. The van der Waals surface area contributed by atoms with Gasteiger partial charge in [0.25, 0.3) is 0 Å². The monoisotopic (exact) mass is 304 g/mol. The van der Waals surface area contributed by atoms with Crippen molar-refractivity contribution in [3.8, 4) is 0 Å². The van der Waals surface area contributed by atoms with Gasteiger partial charge in [-0.05, 0) is 62.6 Å². The highest BCUT2D eigenvalue weighted by atomic mass is 35.5. The van der Waals surface area contributed by atoms with Crippen molar-refractivity contribution in [2.75, 3.05) is 0 Å². The average Bonchev–Trinajstić information content (AvgIpc) is 2.77. The summed E-state index contributed by atoms with van der Waals surface area (Å²) in [5.74, 6) is 2.55. The lowest BCUT2D eigenvalue weighted by atomic mass is 9.79. The highest BCUT2D eigenvalue weighted by Crippen LogP contribution is 2.40. The first kappa shape index (κ1) is 14.9. The Morgan fingerprint density at radius 2 is 2.05 bits per heavy atom. The summed E-state index contributed by atoms with van der Waals surface area (Å²) < 4.78 is 2.44. The third-order valence-electron chi connectivity index (χ3n) is 4.95. The Labute approximate surface area is 132 Å². The molecular weight excluding hydrogens is 280 g/mol. The van der Waals surface area contributed by atoms with Crippen molar-refractivity contribution < 1.29 is 0 Å². The summed E-state index contributed by atoms with van der Waals surface area (Å²) in [6, 6.07) is 7.05. The standard InChI is InChI=1S/C18H25ClN2/c1-11-6-8-16(13(3)9-11)21-17-10-12(2)5-7-15(17)20-18(21)14(4)19/h5,7,10-11,13-14,16H,6,8-9H2,1-4H3. The van der Waals surface area contributed by atoms with Gasteiger partial charge in [0, 0.05) is 6.04 Å². The van der Waals surface area contributed by atoms with Crippen LogP contribution in [-0.2, 0) is 0 Å². The minimum atomic E-state index is -0.0516. The number of aryl methyl sites for hydroxylation is 1. The molecule has 3 heteroatoms. The van der Waals surface area contributed by atoms with E-state index in [1.807, 2.05) is 6.92 Å². The third-order valence-corrected chi connectivity index (χ3v) is 5.14. The van der Waals surface area contributed by atoms with Crippen LogP contribution in [0.2, 0.25) is 0 Å².